The van der Waals surface area contributed by atoms with Gasteiger partial charge in [-0.3, -0.25) is 4.79 Å². The highest BCUT2D eigenvalue weighted by atomic mass is 127. The number of carbonyl (C=O) groups excluding carboxylic acids is 1. The summed E-state index contributed by atoms with van der Waals surface area (Å²) in [6.07, 6.45) is 30.2. The van der Waals surface area contributed by atoms with E-state index in [0.29, 0.717) is 6.42 Å². The summed E-state index contributed by atoms with van der Waals surface area (Å²) >= 11 is 2.32. The minimum atomic E-state index is -0.138. The molecule has 0 aromatic heterocycles. The maximum Gasteiger partial charge on any atom is 0.314 e. The standard InChI is InChI=1S/C22H29IO2/c1-2-3-4-5-6-7-8-9-10-11-12-13-14-15-16-17-20(23)21-18-19-22(24)25-21/h3-4,6-7,9-10,12-13,15-16,18,20H,2,5,8,11,14,17,19H2,1H3. The van der Waals surface area contributed by atoms with Crippen LogP contribution in [0.5, 0.6) is 0 Å². The van der Waals surface area contributed by atoms with Crippen molar-refractivity contribution in [2.45, 2.75) is 55.8 Å². The molecule has 1 atom stereocenters. The number of alkyl halides is 1. The molecule has 136 valence electrons. The number of hydrogen-bond acceptors (Lipinski definition) is 2. The van der Waals surface area contributed by atoms with Crippen molar-refractivity contribution >= 4 is 28.6 Å². The summed E-state index contributed by atoms with van der Waals surface area (Å²) in [5.74, 6) is 0.673. The van der Waals surface area contributed by atoms with Crippen molar-refractivity contribution in [2.75, 3.05) is 0 Å². The first-order chi connectivity index (χ1) is 12.2. The highest BCUT2D eigenvalue weighted by Gasteiger charge is 2.19. The number of ether oxygens (including phenoxy) is 1. The molecule has 0 fully saturated rings. The average Bonchev–Trinajstić information content (AvgIpc) is 3.04. The van der Waals surface area contributed by atoms with Crippen LogP contribution in [0.4, 0.5) is 0 Å². The number of cyclic esters (lactones) is 1. The van der Waals surface area contributed by atoms with E-state index in [1.165, 1.54) is 0 Å². The molecule has 0 saturated carbocycles. The first-order valence-corrected chi connectivity index (χ1v) is 10.3. The number of carbonyl (C=O) groups is 1. The zero-order chi connectivity index (χ0) is 18.2. The van der Waals surface area contributed by atoms with E-state index in [4.69, 9.17) is 4.74 Å². The Hall–Kier alpha value is -1.36. The van der Waals surface area contributed by atoms with Crippen molar-refractivity contribution in [1.82, 2.24) is 0 Å². The third-order valence-corrected chi connectivity index (χ3v) is 4.63. The average molecular weight is 452 g/mol. The molecule has 25 heavy (non-hydrogen) atoms. The Bertz CT molecular complexity index is 550. The van der Waals surface area contributed by atoms with Gasteiger partial charge in [0.25, 0.3) is 0 Å². The van der Waals surface area contributed by atoms with Gasteiger partial charge in [-0.25, -0.2) is 0 Å². The van der Waals surface area contributed by atoms with Crippen molar-refractivity contribution in [2.24, 2.45) is 0 Å². The second-order valence-electron chi connectivity index (χ2n) is 5.70. The van der Waals surface area contributed by atoms with Crippen LogP contribution in [-0.4, -0.2) is 9.89 Å². The highest BCUT2D eigenvalue weighted by Crippen LogP contribution is 2.23. The van der Waals surface area contributed by atoms with Crippen molar-refractivity contribution in [1.29, 1.82) is 0 Å². The highest BCUT2D eigenvalue weighted by molar-refractivity contribution is 14.1. The van der Waals surface area contributed by atoms with Gasteiger partial charge < -0.3 is 4.74 Å². The second-order valence-corrected chi connectivity index (χ2v) is 7.20. The van der Waals surface area contributed by atoms with Gasteiger partial charge >= 0.3 is 5.97 Å². The summed E-state index contributed by atoms with van der Waals surface area (Å²) in [4.78, 5) is 11.1. The summed E-state index contributed by atoms with van der Waals surface area (Å²) in [6, 6.07) is 0. The smallest absolute Gasteiger partial charge is 0.314 e. The molecule has 0 N–H and O–H groups in total. The number of allylic oxidation sites excluding steroid dienone is 11. The lowest BCUT2D eigenvalue weighted by Crippen LogP contribution is -2.03. The van der Waals surface area contributed by atoms with Gasteiger partial charge in [0.2, 0.25) is 0 Å². The Labute approximate surface area is 166 Å². The molecular weight excluding hydrogens is 423 g/mol. The molecule has 1 rings (SSSR count). The first-order valence-electron chi connectivity index (χ1n) is 9.03. The lowest BCUT2D eigenvalue weighted by molar-refractivity contribution is -0.136. The molecule has 1 heterocycles. The van der Waals surface area contributed by atoms with E-state index in [1.54, 1.807) is 0 Å². The number of halogens is 1. The minimum absolute atomic E-state index is 0.138. The minimum Gasteiger partial charge on any atom is -0.430 e. The van der Waals surface area contributed by atoms with E-state index in [1.807, 2.05) is 6.08 Å². The lowest BCUT2D eigenvalue weighted by atomic mass is 10.2. The van der Waals surface area contributed by atoms with Crippen molar-refractivity contribution in [3.63, 3.8) is 0 Å². The summed E-state index contributed by atoms with van der Waals surface area (Å²) in [5, 5.41) is 0. The molecule has 1 aliphatic heterocycles. The van der Waals surface area contributed by atoms with Gasteiger partial charge in [0.05, 0.1) is 10.3 Å². The fraction of sp³-hybridized carbons (Fsp3) is 0.409. The van der Waals surface area contributed by atoms with Gasteiger partial charge in [0.15, 0.2) is 0 Å². The van der Waals surface area contributed by atoms with E-state index in [0.717, 1.165) is 44.3 Å². The summed E-state index contributed by atoms with van der Waals surface area (Å²) < 4.78 is 5.40. The molecule has 1 aliphatic rings. The molecular formula is C22H29IO2. The summed E-state index contributed by atoms with van der Waals surface area (Å²) in [6.45, 7) is 2.15. The van der Waals surface area contributed by atoms with Crippen molar-refractivity contribution in [3.05, 3.63) is 72.6 Å². The molecule has 0 bridgehead atoms. The molecule has 1 unspecified atom stereocenters. The Morgan fingerprint density at radius 1 is 0.920 bits per heavy atom. The first kappa shape index (κ1) is 21.7. The SMILES string of the molecule is CCC=CCC=CCC=CCC=CCC=CCC(I)C1=CCC(=O)O1. The van der Waals surface area contributed by atoms with Gasteiger partial charge in [-0.15, -0.1) is 0 Å². The fourth-order valence-corrected chi connectivity index (χ4v) is 2.85. The van der Waals surface area contributed by atoms with Crippen LogP contribution in [0.15, 0.2) is 72.6 Å². The molecule has 3 heteroatoms. The van der Waals surface area contributed by atoms with Crippen LogP contribution in [0, 0.1) is 0 Å². The molecule has 0 radical (unpaired) electrons. The number of hydrogen-bond donors (Lipinski definition) is 0. The quantitative estimate of drug-likeness (QED) is 0.142. The third kappa shape index (κ3) is 11.8. The van der Waals surface area contributed by atoms with Crippen LogP contribution in [0.2, 0.25) is 0 Å². The van der Waals surface area contributed by atoms with Crippen LogP contribution in [0.3, 0.4) is 0 Å². The maximum atomic E-state index is 11.1. The van der Waals surface area contributed by atoms with Gasteiger partial charge in [-0.2, -0.15) is 0 Å². The maximum absolute atomic E-state index is 11.1. The van der Waals surface area contributed by atoms with Crippen LogP contribution < -0.4 is 0 Å². The Morgan fingerprint density at radius 3 is 1.84 bits per heavy atom. The van der Waals surface area contributed by atoms with Crippen LogP contribution in [0.25, 0.3) is 0 Å². The van der Waals surface area contributed by atoms with E-state index in [-0.39, 0.29) is 9.89 Å². The lowest BCUT2D eigenvalue weighted by Gasteiger charge is -2.07. The number of rotatable bonds is 12. The molecule has 0 amide bonds. The predicted octanol–water partition coefficient (Wildman–Crippen LogP) is 6.76. The summed E-state index contributed by atoms with van der Waals surface area (Å²) in [7, 11) is 0. The van der Waals surface area contributed by atoms with Gasteiger partial charge in [0.1, 0.15) is 5.76 Å². The molecule has 0 spiro atoms. The molecule has 0 saturated heterocycles. The second kappa shape index (κ2) is 14.9. The van der Waals surface area contributed by atoms with Crippen LogP contribution in [-0.2, 0) is 9.53 Å². The fourth-order valence-electron chi connectivity index (χ4n) is 2.17. The predicted molar refractivity (Wildman–Crippen MR) is 116 cm³/mol. The Balaban J connectivity index is 2.03. The summed E-state index contributed by atoms with van der Waals surface area (Å²) in [5.41, 5.74) is 0. The normalized spacial score (nSPS) is 16.9. The topological polar surface area (TPSA) is 26.3 Å². The Kier molecular flexibility index (Phi) is 13.0. The largest absolute Gasteiger partial charge is 0.430 e. The van der Waals surface area contributed by atoms with E-state index >= 15 is 0 Å². The van der Waals surface area contributed by atoms with Gasteiger partial charge in [-0.1, -0.05) is 90.3 Å². The molecule has 0 aliphatic carbocycles. The zero-order valence-corrected chi connectivity index (χ0v) is 17.2. The zero-order valence-electron chi connectivity index (χ0n) is 15.1. The van der Waals surface area contributed by atoms with E-state index in [9.17, 15) is 4.79 Å². The van der Waals surface area contributed by atoms with E-state index in [2.05, 4.69) is 90.3 Å². The molecule has 2 nitrogen and oxygen atoms in total. The Morgan fingerprint density at radius 2 is 1.40 bits per heavy atom. The monoisotopic (exact) mass is 452 g/mol. The van der Waals surface area contributed by atoms with Crippen molar-refractivity contribution < 1.29 is 9.53 Å². The number of esters is 1. The van der Waals surface area contributed by atoms with Crippen molar-refractivity contribution in [3.8, 4) is 0 Å². The molecule has 0 aromatic rings. The van der Waals surface area contributed by atoms with Gasteiger partial charge in [0, 0.05) is 0 Å². The van der Waals surface area contributed by atoms with Crippen LogP contribution in [0.1, 0.15) is 51.9 Å². The van der Waals surface area contributed by atoms with Crippen LogP contribution >= 0.6 is 22.6 Å². The van der Waals surface area contributed by atoms with Gasteiger partial charge in [-0.05, 0) is 44.6 Å². The van der Waals surface area contributed by atoms with E-state index < -0.39 is 0 Å². The third-order valence-electron chi connectivity index (χ3n) is 3.51. The molecule has 0 aromatic carbocycles.